The van der Waals surface area contributed by atoms with Gasteiger partial charge in [-0.05, 0) is 33.1 Å². The molecule has 1 N–H and O–H groups in total. The van der Waals surface area contributed by atoms with Gasteiger partial charge in [-0.3, -0.25) is 14.5 Å². The van der Waals surface area contributed by atoms with E-state index in [1.54, 1.807) is 0 Å². The Morgan fingerprint density at radius 3 is 2.43 bits per heavy atom. The Bertz CT molecular complexity index is 505. The molecule has 0 bridgehead atoms. The van der Waals surface area contributed by atoms with Crippen molar-refractivity contribution in [2.75, 3.05) is 19.8 Å². The van der Waals surface area contributed by atoms with Gasteiger partial charge in [0.05, 0.1) is 0 Å². The molecule has 3 aliphatic rings. The first-order valence-electron chi connectivity index (χ1n) is 8.48. The number of rotatable bonds is 2. The number of carbonyl (C=O) groups is 3. The molecule has 2 atom stereocenters. The molecule has 7 heteroatoms. The third-order valence-electron chi connectivity index (χ3n) is 5.37. The number of hydrogen-bond donors (Lipinski definition) is 1. The summed E-state index contributed by atoms with van der Waals surface area (Å²) in [5, 5.41) is 2.79. The van der Waals surface area contributed by atoms with Crippen LogP contribution in [0.5, 0.6) is 0 Å². The van der Waals surface area contributed by atoms with Crippen LogP contribution in [0.4, 0.5) is 4.79 Å². The van der Waals surface area contributed by atoms with Crippen LogP contribution < -0.4 is 5.32 Å². The number of piperidine rings is 1. The van der Waals surface area contributed by atoms with Crippen molar-refractivity contribution in [1.82, 2.24) is 15.1 Å². The van der Waals surface area contributed by atoms with E-state index in [1.165, 1.54) is 0 Å². The maximum Gasteiger partial charge on any atom is 0.325 e. The molecule has 3 rings (SSSR count). The fourth-order valence-corrected chi connectivity index (χ4v) is 4.01. The van der Waals surface area contributed by atoms with Gasteiger partial charge in [-0.15, -0.1) is 0 Å². The van der Waals surface area contributed by atoms with Gasteiger partial charge >= 0.3 is 6.03 Å². The standard InChI is InChI=1S/C16H25N3O4/c1-11-4-3-5-12(2)19(11)13(20)10-18-14(21)16(17-15(18)22)6-8-23-9-7-16/h11-12H,3-10H2,1-2H3,(H,17,22)/t11-,12+. The highest BCUT2D eigenvalue weighted by Gasteiger charge is 2.52. The number of carbonyl (C=O) groups excluding carboxylic acids is 3. The molecule has 1 spiro atoms. The number of likely N-dealkylation sites (tertiary alicyclic amines) is 1. The van der Waals surface area contributed by atoms with Crippen LogP contribution in [0, 0.1) is 0 Å². The van der Waals surface area contributed by atoms with E-state index in [9.17, 15) is 14.4 Å². The second kappa shape index (κ2) is 6.11. The van der Waals surface area contributed by atoms with Crippen LogP contribution in [0.3, 0.4) is 0 Å². The summed E-state index contributed by atoms with van der Waals surface area (Å²) in [5.74, 6) is -0.422. The van der Waals surface area contributed by atoms with E-state index < -0.39 is 11.6 Å². The summed E-state index contributed by atoms with van der Waals surface area (Å²) >= 11 is 0. The lowest BCUT2D eigenvalue weighted by molar-refractivity contribution is -0.143. The zero-order valence-electron chi connectivity index (χ0n) is 13.8. The SMILES string of the molecule is C[C@@H]1CCC[C@H](C)N1C(=O)CN1C(=O)NC2(CCOCC2)C1=O. The van der Waals surface area contributed by atoms with E-state index >= 15 is 0 Å². The van der Waals surface area contributed by atoms with Gasteiger partial charge in [0.2, 0.25) is 5.91 Å². The molecule has 0 aliphatic carbocycles. The first kappa shape index (κ1) is 16.2. The van der Waals surface area contributed by atoms with Gasteiger partial charge in [0.15, 0.2) is 0 Å². The topological polar surface area (TPSA) is 79.0 Å². The molecule has 0 radical (unpaired) electrons. The Hall–Kier alpha value is -1.63. The van der Waals surface area contributed by atoms with Crippen LogP contribution in [0.25, 0.3) is 0 Å². The first-order chi connectivity index (χ1) is 10.9. The zero-order chi connectivity index (χ0) is 16.6. The van der Waals surface area contributed by atoms with E-state index in [0.29, 0.717) is 26.1 Å². The molecule has 4 amide bonds. The molecule has 0 aromatic rings. The summed E-state index contributed by atoms with van der Waals surface area (Å²) < 4.78 is 5.28. The molecular weight excluding hydrogens is 298 g/mol. The van der Waals surface area contributed by atoms with Crippen LogP contribution in [0.15, 0.2) is 0 Å². The summed E-state index contributed by atoms with van der Waals surface area (Å²) in [5.41, 5.74) is -0.866. The summed E-state index contributed by atoms with van der Waals surface area (Å²) in [7, 11) is 0. The molecule has 3 fully saturated rings. The highest BCUT2D eigenvalue weighted by Crippen LogP contribution is 2.29. The molecule has 3 aliphatic heterocycles. The highest BCUT2D eigenvalue weighted by molar-refractivity contribution is 6.09. The summed E-state index contributed by atoms with van der Waals surface area (Å²) in [6, 6.07) is -0.143. The largest absolute Gasteiger partial charge is 0.381 e. The van der Waals surface area contributed by atoms with E-state index in [-0.39, 0.29) is 30.4 Å². The molecule has 3 saturated heterocycles. The lowest BCUT2D eigenvalue weighted by atomic mass is 9.90. The number of amides is 4. The number of ether oxygens (including phenoxy) is 1. The first-order valence-corrected chi connectivity index (χ1v) is 8.48. The monoisotopic (exact) mass is 323 g/mol. The van der Waals surface area contributed by atoms with Crippen LogP contribution in [0.1, 0.15) is 46.0 Å². The average molecular weight is 323 g/mol. The Morgan fingerprint density at radius 1 is 1.22 bits per heavy atom. The third-order valence-corrected chi connectivity index (χ3v) is 5.37. The van der Waals surface area contributed by atoms with E-state index in [1.807, 2.05) is 18.7 Å². The van der Waals surface area contributed by atoms with Gasteiger partial charge in [0, 0.05) is 38.1 Å². The molecule has 0 saturated carbocycles. The van der Waals surface area contributed by atoms with E-state index in [2.05, 4.69) is 5.32 Å². The molecule has 23 heavy (non-hydrogen) atoms. The normalized spacial score (nSPS) is 30.7. The van der Waals surface area contributed by atoms with E-state index in [4.69, 9.17) is 4.74 Å². The highest BCUT2D eigenvalue weighted by atomic mass is 16.5. The van der Waals surface area contributed by atoms with Crippen molar-refractivity contribution in [3.05, 3.63) is 0 Å². The molecular formula is C16H25N3O4. The minimum atomic E-state index is -0.866. The number of nitrogens with one attached hydrogen (secondary N) is 1. The van der Waals surface area contributed by atoms with Crippen molar-refractivity contribution < 1.29 is 19.1 Å². The van der Waals surface area contributed by atoms with Crippen molar-refractivity contribution in [1.29, 1.82) is 0 Å². The number of urea groups is 1. The molecule has 7 nitrogen and oxygen atoms in total. The Balaban J connectivity index is 1.71. The summed E-state index contributed by atoms with van der Waals surface area (Å²) in [4.78, 5) is 40.5. The fraction of sp³-hybridized carbons (Fsp3) is 0.812. The van der Waals surface area contributed by atoms with Gasteiger partial charge in [0.1, 0.15) is 12.1 Å². The van der Waals surface area contributed by atoms with Gasteiger partial charge in [-0.25, -0.2) is 4.79 Å². The molecule has 3 heterocycles. The maximum atomic E-state index is 12.7. The van der Waals surface area contributed by atoms with Crippen LogP contribution >= 0.6 is 0 Å². The minimum Gasteiger partial charge on any atom is -0.381 e. The number of nitrogens with zero attached hydrogens (tertiary/aromatic N) is 2. The fourth-order valence-electron chi connectivity index (χ4n) is 4.01. The second-order valence-corrected chi connectivity index (χ2v) is 6.95. The zero-order valence-corrected chi connectivity index (χ0v) is 13.8. The van der Waals surface area contributed by atoms with Crippen molar-refractivity contribution in [3.63, 3.8) is 0 Å². The molecule has 0 unspecified atom stereocenters. The summed E-state index contributed by atoms with van der Waals surface area (Å²) in [6.07, 6.45) is 3.99. The lowest BCUT2D eigenvalue weighted by Gasteiger charge is -2.39. The lowest BCUT2D eigenvalue weighted by Crippen LogP contribution is -2.53. The summed E-state index contributed by atoms with van der Waals surface area (Å²) in [6.45, 7) is 4.79. The van der Waals surface area contributed by atoms with Crippen molar-refractivity contribution >= 4 is 17.8 Å². The van der Waals surface area contributed by atoms with Gasteiger partial charge < -0.3 is 15.0 Å². The Labute approximate surface area is 136 Å². The average Bonchev–Trinajstić information content (AvgIpc) is 2.72. The molecule has 0 aromatic carbocycles. The van der Waals surface area contributed by atoms with Gasteiger partial charge in [-0.1, -0.05) is 0 Å². The van der Waals surface area contributed by atoms with Crippen molar-refractivity contribution in [3.8, 4) is 0 Å². The predicted octanol–water partition coefficient (Wildman–Crippen LogP) is 0.877. The Morgan fingerprint density at radius 2 is 1.83 bits per heavy atom. The van der Waals surface area contributed by atoms with E-state index in [0.717, 1.165) is 24.2 Å². The minimum absolute atomic E-state index is 0.141. The Kier molecular flexibility index (Phi) is 4.31. The smallest absolute Gasteiger partial charge is 0.325 e. The second-order valence-electron chi connectivity index (χ2n) is 6.95. The van der Waals surface area contributed by atoms with Gasteiger partial charge in [-0.2, -0.15) is 0 Å². The molecule has 128 valence electrons. The van der Waals surface area contributed by atoms with Crippen LogP contribution in [-0.2, 0) is 14.3 Å². The molecule has 0 aromatic heterocycles. The third kappa shape index (κ3) is 2.82. The predicted molar refractivity (Wildman–Crippen MR) is 82.6 cm³/mol. The number of imide groups is 1. The quantitative estimate of drug-likeness (QED) is 0.765. The van der Waals surface area contributed by atoms with Crippen LogP contribution in [0.2, 0.25) is 0 Å². The van der Waals surface area contributed by atoms with Crippen LogP contribution in [-0.4, -0.2) is 65.0 Å². The number of hydrogen-bond acceptors (Lipinski definition) is 4. The van der Waals surface area contributed by atoms with Crippen molar-refractivity contribution in [2.45, 2.75) is 63.6 Å². The maximum absolute atomic E-state index is 12.7. The van der Waals surface area contributed by atoms with Crippen molar-refractivity contribution in [2.24, 2.45) is 0 Å². The van der Waals surface area contributed by atoms with Gasteiger partial charge in [0.25, 0.3) is 5.91 Å².